The molecule has 0 aliphatic heterocycles. The quantitative estimate of drug-likeness (QED) is 0.889. The van der Waals surface area contributed by atoms with Gasteiger partial charge in [0.2, 0.25) is 5.88 Å². The smallest absolute Gasteiger partial charge is 0.223 e. The summed E-state index contributed by atoms with van der Waals surface area (Å²) in [7, 11) is 0. The Morgan fingerprint density at radius 2 is 1.81 bits per heavy atom. The molecule has 0 amide bonds. The Hall–Kier alpha value is -1.87. The first-order valence-corrected chi connectivity index (χ1v) is 7.41. The van der Waals surface area contributed by atoms with Crippen molar-refractivity contribution in [3.05, 3.63) is 53.2 Å². The Labute approximate surface area is 127 Å². The molecule has 0 radical (unpaired) electrons. The molecule has 3 nitrogen and oxygen atoms in total. The number of rotatable bonds is 5. The monoisotopic (exact) mass is 284 g/mol. The summed E-state index contributed by atoms with van der Waals surface area (Å²) in [4.78, 5) is 4.29. The summed E-state index contributed by atoms with van der Waals surface area (Å²) < 4.78 is 5.89. The summed E-state index contributed by atoms with van der Waals surface area (Å²) in [6, 6.07) is 10.2. The maximum Gasteiger partial charge on any atom is 0.223 e. The van der Waals surface area contributed by atoms with Gasteiger partial charge < -0.3 is 10.5 Å². The lowest BCUT2D eigenvalue weighted by Gasteiger charge is -2.23. The lowest BCUT2D eigenvalue weighted by Crippen LogP contribution is -2.14. The SMILES string of the molecule is CCC(C)(C)c1ccc(Oc2nccc(C)c2CN)cc1. The predicted molar refractivity (Wildman–Crippen MR) is 86.7 cm³/mol. The van der Waals surface area contributed by atoms with E-state index in [1.165, 1.54) is 5.56 Å². The minimum Gasteiger partial charge on any atom is -0.439 e. The Morgan fingerprint density at radius 1 is 1.14 bits per heavy atom. The highest BCUT2D eigenvalue weighted by molar-refractivity contribution is 5.38. The van der Waals surface area contributed by atoms with E-state index in [2.05, 4.69) is 37.9 Å². The fraction of sp³-hybridized carbons (Fsp3) is 0.389. The van der Waals surface area contributed by atoms with Gasteiger partial charge in [-0.1, -0.05) is 32.9 Å². The number of nitrogens with two attached hydrogens (primary N) is 1. The van der Waals surface area contributed by atoms with Crippen molar-refractivity contribution in [2.45, 2.75) is 46.1 Å². The van der Waals surface area contributed by atoms with Crippen molar-refractivity contribution in [1.29, 1.82) is 0 Å². The molecule has 2 aromatic rings. The topological polar surface area (TPSA) is 48.1 Å². The van der Waals surface area contributed by atoms with E-state index < -0.39 is 0 Å². The van der Waals surface area contributed by atoms with Gasteiger partial charge in [0.1, 0.15) is 5.75 Å². The third-order valence-electron chi connectivity index (χ3n) is 4.19. The summed E-state index contributed by atoms with van der Waals surface area (Å²) in [6.07, 6.45) is 2.85. The molecule has 21 heavy (non-hydrogen) atoms. The number of hydrogen-bond acceptors (Lipinski definition) is 3. The Balaban J connectivity index is 2.24. The molecular formula is C18H24N2O. The summed E-state index contributed by atoms with van der Waals surface area (Å²) in [5.74, 6) is 1.39. The van der Waals surface area contributed by atoms with E-state index in [4.69, 9.17) is 10.5 Å². The van der Waals surface area contributed by atoms with Crippen LogP contribution in [0, 0.1) is 6.92 Å². The average Bonchev–Trinajstić information content (AvgIpc) is 2.48. The van der Waals surface area contributed by atoms with Gasteiger partial charge in [0.25, 0.3) is 0 Å². The zero-order valence-electron chi connectivity index (χ0n) is 13.3. The van der Waals surface area contributed by atoms with Crippen LogP contribution >= 0.6 is 0 Å². The van der Waals surface area contributed by atoms with Crippen molar-refractivity contribution in [2.75, 3.05) is 0 Å². The summed E-state index contributed by atoms with van der Waals surface area (Å²) >= 11 is 0. The van der Waals surface area contributed by atoms with Crippen molar-refractivity contribution in [1.82, 2.24) is 4.98 Å². The first kappa shape index (κ1) is 15.5. The number of nitrogens with zero attached hydrogens (tertiary/aromatic N) is 1. The molecule has 1 aromatic heterocycles. The molecule has 0 unspecified atom stereocenters. The van der Waals surface area contributed by atoms with Gasteiger partial charge in [0, 0.05) is 18.3 Å². The number of hydrogen-bond donors (Lipinski definition) is 1. The molecule has 0 spiro atoms. The van der Waals surface area contributed by atoms with Crippen LogP contribution in [0.25, 0.3) is 0 Å². The number of pyridine rings is 1. The van der Waals surface area contributed by atoms with Crippen molar-refractivity contribution in [3.8, 4) is 11.6 Å². The molecule has 0 bridgehead atoms. The molecule has 0 saturated heterocycles. The van der Waals surface area contributed by atoms with Crippen LogP contribution in [0.1, 0.15) is 43.9 Å². The standard InChI is InChI=1S/C18H24N2O/c1-5-18(3,4)14-6-8-15(9-7-14)21-17-16(12-19)13(2)10-11-20-17/h6-11H,5,12,19H2,1-4H3. The lowest BCUT2D eigenvalue weighted by atomic mass is 9.82. The molecule has 1 aromatic carbocycles. The largest absolute Gasteiger partial charge is 0.439 e. The lowest BCUT2D eigenvalue weighted by molar-refractivity contribution is 0.453. The molecule has 1 heterocycles. The molecule has 2 N–H and O–H groups in total. The van der Waals surface area contributed by atoms with E-state index >= 15 is 0 Å². The highest BCUT2D eigenvalue weighted by Gasteiger charge is 2.17. The number of benzene rings is 1. The summed E-state index contributed by atoms with van der Waals surface area (Å²) in [5.41, 5.74) is 9.34. The third kappa shape index (κ3) is 3.42. The third-order valence-corrected chi connectivity index (χ3v) is 4.19. The van der Waals surface area contributed by atoms with Gasteiger partial charge in [-0.2, -0.15) is 0 Å². The average molecular weight is 284 g/mol. The molecule has 2 rings (SSSR count). The highest BCUT2D eigenvalue weighted by atomic mass is 16.5. The van der Waals surface area contributed by atoms with E-state index in [1.807, 2.05) is 25.1 Å². The second-order valence-electron chi connectivity index (χ2n) is 5.98. The van der Waals surface area contributed by atoms with Gasteiger partial charge in [-0.25, -0.2) is 4.98 Å². The van der Waals surface area contributed by atoms with Crippen molar-refractivity contribution < 1.29 is 4.74 Å². The summed E-state index contributed by atoms with van der Waals surface area (Å²) in [5, 5.41) is 0. The minimum atomic E-state index is 0.183. The van der Waals surface area contributed by atoms with E-state index in [0.29, 0.717) is 12.4 Å². The van der Waals surface area contributed by atoms with Gasteiger partial charge in [-0.05, 0) is 48.1 Å². The van der Waals surface area contributed by atoms with Crippen LogP contribution < -0.4 is 10.5 Å². The highest BCUT2D eigenvalue weighted by Crippen LogP contribution is 2.30. The maximum atomic E-state index is 5.89. The first-order valence-electron chi connectivity index (χ1n) is 7.41. The maximum absolute atomic E-state index is 5.89. The van der Waals surface area contributed by atoms with Gasteiger partial charge >= 0.3 is 0 Å². The predicted octanol–water partition coefficient (Wildman–Crippen LogP) is 4.33. The van der Waals surface area contributed by atoms with Crippen LogP contribution in [-0.2, 0) is 12.0 Å². The van der Waals surface area contributed by atoms with Gasteiger partial charge in [-0.15, -0.1) is 0 Å². The Morgan fingerprint density at radius 3 is 2.38 bits per heavy atom. The Kier molecular flexibility index (Phi) is 4.63. The molecule has 0 saturated carbocycles. The van der Waals surface area contributed by atoms with E-state index in [1.54, 1.807) is 6.20 Å². The van der Waals surface area contributed by atoms with E-state index in [-0.39, 0.29) is 5.41 Å². The normalized spacial score (nSPS) is 11.5. The van der Waals surface area contributed by atoms with Crippen molar-refractivity contribution in [3.63, 3.8) is 0 Å². The minimum absolute atomic E-state index is 0.183. The van der Waals surface area contributed by atoms with Gasteiger partial charge in [0.05, 0.1) is 0 Å². The number of aryl methyl sites for hydroxylation is 1. The van der Waals surface area contributed by atoms with Crippen LogP contribution in [0.2, 0.25) is 0 Å². The molecule has 3 heteroatoms. The van der Waals surface area contributed by atoms with Crippen LogP contribution in [0.5, 0.6) is 11.6 Å². The summed E-state index contributed by atoms with van der Waals surface area (Å²) in [6.45, 7) is 9.14. The van der Waals surface area contributed by atoms with Gasteiger partial charge in [-0.3, -0.25) is 0 Å². The zero-order chi connectivity index (χ0) is 15.5. The van der Waals surface area contributed by atoms with Crippen LogP contribution in [-0.4, -0.2) is 4.98 Å². The van der Waals surface area contributed by atoms with Crippen LogP contribution in [0.4, 0.5) is 0 Å². The molecule has 112 valence electrons. The Bertz CT molecular complexity index is 603. The second kappa shape index (κ2) is 6.27. The van der Waals surface area contributed by atoms with Crippen LogP contribution in [0.15, 0.2) is 36.5 Å². The van der Waals surface area contributed by atoms with E-state index in [0.717, 1.165) is 23.3 Å². The number of ether oxygens (including phenoxy) is 1. The molecular weight excluding hydrogens is 260 g/mol. The number of aromatic nitrogens is 1. The van der Waals surface area contributed by atoms with E-state index in [9.17, 15) is 0 Å². The van der Waals surface area contributed by atoms with Crippen molar-refractivity contribution in [2.24, 2.45) is 5.73 Å². The molecule has 0 aliphatic carbocycles. The fourth-order valence-corrected chi connectivity index (χ4v) is 2.19. The van der Waals surface area contributed by atoms with Gasteiger partial charge in [0.15, 0.2) is 0 Å². The van der Waals surface area contributed by atoms with Crippen LogP contribution in [0.3, 0.4) is 0 Å². The fourth-order valence-electron chi connectivity index (χ4n) is 2.19. The molecule has 0 aliphatic rings. The van der Waals surface area contributed by atoms with Crippen molar-refractivity contribution >= 4 is 0 Å². The zero-order valence-corrected chi connectivity index (χ0v) is 13.3. The molecule has 0 fully saturated rings. The second-order valence-corrected chi connectivity index (χ2v) is 5.98. The first-order chi connectivity index (χ1) is 9.97. The molecule has 0 atom stereocenters.